The fourth-order valence-electron chi connectivity index (χ4n) is 4.09. The first-order chi connectivity index (χ1) is 16.1. The van der Waals surface area contributed by atoms with E-state index in [0.29, 0.717) is 16.9 Å². The fourth-order valence-corrected chi connectivity index (χ4v) is 4.09. The molecule has 0 unspecified atom stereocenters. The van der Waals surface area contributed by atoms with Crippen molar-refractivity contribution < 1.29 is 14.4 Å². The number of hydrogen-bond acceptors (Lipinski definition) is 3. The van der Waals surface area contributed by atoms with Gasteiger partial charge in [0.15, 0.2) is 0 Å². The van der Waals surface area contributed by atoms with Gasteiger partial charge in [0.05, 0.1) is 28.9 Å². The number of anilines is 2. The van der Waals surface area contributed by atoms with E-state index >= 15 is 0 Å². The topological polar surface area (TPSA) is 92.2 Å². The maximum atomic E-state index is 12.8. The van der Waals surface area contributed by atoms with E-state index in [1.54, 1.807) is 24.3 Å². The Labute approximate surface area is 190 Å². The van der Waals surface area contributed by atoms with Gasteiger partial charge in [0.2, 0.25) is 11.8 Å². The van der Waals surface area contributed by atoms with Gasteiger partial charge < -0.3 is 20.5 Å². The minimum atomic E-state index is -0.966. The summed E-state index contributed by atoms with van der Waals surface area (Å²) in [5.41, 5.74) is 3.65. The highest BCUT2D eigenvalue weighted by Gasteiger charge is 2.29. The van der Waals surface area contributed by atoms with Gasteiger partial charge in [-0.15, -0.1) is 0 Å². The average molecular weight is 438 g/mol. The van der Waals surface area contributed by atoms with Crippen molar-refractivity contribution in [1.82, 2.24) is 9.88 Å². The quantitative estimate of drug-likeness (QED) is 0.443. The number of fused-ring (bicyclic) bond motifs is 2. The van der Waals surface area contributed by atoms with Crippen molar-refractivity contribution in [3.05, 3.63) is 96.2 Å². The van der Waals surface area contributed by atoms with Gasteiger partial charge in [0, 0.05) is 18.1 Å². The van der Waals surface area contributed by atoms with Gasteiger partial charge in [-0.25, -0.2) is 0 Å². The number of nitrogens with one attached hydrogen (secondary N) is 3. The molecule has 3 amide bonds. The molecule has 33 heavy (non-hydrogen) atoms. The zero-order valence-electron chi connectivity index (χ0n) is 17.7. The number of rotatable bonds is 5. The molecule has 3 N–H and O–H groups in total. The van der Waals surface area contributed by atoms with Crippen LogP contribution in [0.1, 0.15) is 22.3 Å². The number of amides is 3. The highest BCUT2D eigenvalue weighted by Crippen LogP contribution is 2.26. The van der Waals surface area contributed by atoms with Gasteiger partial charge >= 0.3 is 0 Å². The molecule has 0 fully saturated rings. The summed E-state index contributed by atoms with van der Waals surface area (Å²) in [6.07, 6.45) is 1.82. The SMILES string of the molecule is O=C(C[C@H]1NC(=O)c2ccccc2NC1=O)Nc1cccc2c1ccn2Cc1ccccc1. The summed E-state index contributed by atoms with van der Waals surface area (Å²) in [4.78, 5) is 37.9. The second kappa shape index (κ2) is 8.63. The molecule has 0 saturated heterocycles. The molecule has 4 aromatic rings. The summed E-state index contributed by atoms with van der Waals surface area (Å²) in [6, 6.07) is 23.6. The maximum absolute atomic E-state index is 12.8. The Kier molecular flexibility index (Phi) is 5.36. The number of aromatic nitrogens is 1. The number of hydrogen-bond donors (Lipinski definition) is 3. The van der Waals surface area contributed by atoms with Crippen LogP contribution in [-0.4, -0.2) is 28.3 Å². The minimum Gasteiger partial charge on any atom is -0.343 e. The van der Waals surface area contributed by atoms with Gasteiger partial charge in [-0.3, -0.25) is 14.4 Å². The van der Waals surface area contributed by atoms with Crippen LogP contribution >= 0.6 is 0 Å². The van der Waals surface area contributed by atoms with Gasteiger partial charge in [0.25, 0.3) is 5.91 Å². The molecule has 0 saturated carbocycles. The molecule has 0 spiro atoms. The highest BCUT2D eigenvalue weighted by molar-refractivity contribution is 6.11. The van der Waals surface area contributed by atoms with Crippen molar-refractivity contribution in [2.45, 2.75) is 19.0 Å². The van der Waals surface area contributed by atoms with Crippen LogP contribution in [0.2, 0.25) is 0 Å². The van der Waals surface area contributed by atoms with E-state index in [1.165, 1.54) is 5.56 Å². The number of benzene rings is 3. The third-order valence-corrected chi connectivity index (χ3v) is 5.72. The van der Waals surface area contributed by atoms with Crippen LogP contribution in [0.5, 0.6) is 0 Å². The second-order valence-corrected chi connectivity index (χ2v) is 7.98. The molecule has 7 nitrogen and oxygen atoms in total. The second-order valence-electron chi connectivity index (χ2n) is 7.98. The van der Waals surface area contributed by atoms with E-state index < -0.39 is 11.9 Å². The minimum absolute atomic E-state index is 0.174. The van der Waals surface area contributed by atoms with Crippen molar-refractivity contribution in [3.8, 4) is 0 Å². The Morgan fingerprint density at radius 3 is 2.55 bits per heavy atom. The molecule has 0 aliphatic carbocycles. The van der Waals surface area contributed by atoms with E-state index in [-0.39, 0.29) is 18.2 Å². The zero-order chi connectivity index (χ0) is 22.8. The Bertz CT molecular complexity index is 1360. The van der Waals surface area contributed by atoms with Crippen molar-refractivity contribution in [3.63, 3.8) is 0 Å². The molecule has 3 aromatic carbocycles. The van der Waals surface area contributed by atoms with Gasteiger partial charge in [-0.2, -0.15) is 0 Å². The molecule has 164 valence electrons. The third kappa shape index (κ3) is 4.21. The molecule has 1 atom stereocenters. The average Bonchev–Trinajstić information content (AvgIpc) is 3.18. The summed E-state index contributed by atoms with van der Waals surface area (Å²) in [5, 5.41) is 9.19. The molecule has 2 heterocycles. The number of para-hydroxylation sites is 1. The third-order valence-electron chi connectivity index (χ3n) is 5.72. The van der Waals surface area contributed by atoms with Crippen LogP contribution in [0.4, 0.5) is 11.4 Å². The Balaban J connectivity index is 1.31. The predicted octanol–water partition coefficient (Wildman–Crippen LogP) is 3.77. The standard InChI is InChI=1S/C26H22N4O3/c31-24(15-22-26(33)28-21-10-5-4-9-19(21)25(32)29-22)27-20-11-6-12-23-18(20)13-14-30(23)16-17-7-2-1-3-8-17/h1-14,22H,15-16H2,(H,27,31)(H,28,33)(H,29,32)/t22-/m1/s1. The highest BCUT2D eigenvalue weighted by atomic mass is 16.2. The van der Waals surface area contributed by atoms with Crippen LogP contribution in [-0.2, 0) is 16.1 Å². The van der Waals surface area contributed by atoms with E-state index in [2.05, 4.69) is 32.7 Å². The summed E-state index contributed by atoms with van der Waals surface area (Å²) in [6.45, 7) is 0.719. The number of carbonyl (C=O) groups is 3. The van der Waals surface area contributed by atoms with Crippen LogP contribution in [0.25, 0.3) is 10.9 Å². The lowest BCUT2D eigenvalue weighted by atomic mass is 10.1. The first-order valence-electron chi connectivity index (χ1n) is 10.7. The summed E-state index contributed by atoms with van der Waals surface area (Å²) < 4.78 is 2.12. The van der Waals surface area contributed by atoms with Gasteiger partial charge in [0.1, 0.15) is 6.04 Å². The molecule has 0 radical (unpaired) electrons. The molecule has 1 aliphatic heterocycles. The molecule has 5 rings (SSSR count). The number of carbonyl (C=O) groups excluding carboxylic acids is 3. The maximum Gasteiger partial charge on any atom is 0.254 e. The Morgan fingerprint density at radius 1 is 0.909 bits per heavy atom. The molecular formula is C26H22N4O3. The largest absolute Gasteiger partial charge is 0.343 e. The predicted molar refractivity (Wildman–Crippen MR) is 127 cm³/mol. The van der Waals surface area contributed by atoms with Crippen molar-refractivity contribution in [2.75, 3.05) is 10.6 Å². The van der Waals surface area contributed by atoms with Crippen molar-refractivity contribution >= 4 is 40.0 Å². The van der Waals surface area contributed by atoms with E-state index in [0.717, 1.165) is 17.4 Å². The Morgan fingerprint density at radius 2 is 1.70 bits per heavy atom. The van der Waals surface area contributed by atoms with Crippen molar-refractivity contribution in [1.29, 1.82) is 0 Å². The lowest BCUT2D eigenvalue weighted by molar-refractivity contribution is -0.122. The van der Waals surface area contributed by atoms with Crippen LogP contribution in [0.3, 0.4) is 0 Å². The molecular weight excluding hydrogens is 416 g/mol. The van der Waals surface area contributed by atoms with E-state index in [4.69, 9.17) is 0 Å². The van der Waals surface area contributed by atoms with Crippen LogP contribution in [0, 0.1) is 0 Å². The zero-order valence-corrected chi connectivity index (χ0v) is 17.7. The normalized spacial score (nSPS) is 15.3. The molecule has 1 aliphatic rings. The van der Waals surface area contributed by atoms with Crippen LogP contribution < -0.4 is 16.0 Å². The first kappa shape index (κ1) is 20.5. The summed E-state index contributed by atoms with van der Waals surface area (Å²) in [7, 11) is 0. The molecule has 0 bridgehead atoms. The molecule has 7 heteroatoms. The smallest absolute Gasteiger partial charge is 0.254 e. The lowest BCUT2D eigenvalue weighted by Gasteiger charge is -2.15. The van der Waals surface area contributed by atoms with Gasteiger partial charge in [-0.1, -0.05) is 48.5 Å². The summed E-state index contributed by atoms with van der Waals surface area (Å²) in [5.74, 6) is -1.16. The monoisotopic (exact) mass is 438 g/mol. The van der Waals surface area contributed by atoms with Gasteiger partial charge in [-0.05, 0) is 35.9 Å². The lowest BCUT2D eigenvalue weighted by Crippen LogP contribution is -2.43. The fraction of sp³-hybridized carbons (Fsp3) is 0.115. The van der Waals surface area contributed by atoms with Crippen LogP contribution in [0.15, 0.2) is 85.1 Å². The number of nitrogens with zero attached hydrogens (tertiary/aromatic N) is 1. The molecule has 1 aromatic heterocycles. The summed E-state index contributed by atoms with van der Waals surface area (Å²) >= 11 is 0. The Hall–Kier alpha value is -4.39. The van der Waals surface area contributed by atoms with E-state index in [1.807, 2.05) is 48.7 Å². The van der Waals surface area contributed by atoms with E-state index in [9.17, 15) is 14.4 Å². The first-order valence-corrected chi connectivity index (χ1v) is 10.7. The van der Waals surface area contributed by atoms with Crippen molar-refractivity contribution in [2.24, 2.45) is 0 Å².